The van der Waals surface area contributed by atoms with Gasteiger partial charge in [-0.25, -0.2) is 9.78 Å². The molecule has 21 heavy (non-hydrogen) atoms. The molecule has 0 aliphatic carbocycles. The van der Waals surface area contributed by atoms with Crippen molar-refractivity contribution in [3.05, 3.63) is 37.4 Å². The SMILES string of the molecule is CCCCn1c(N)c(NCCc2cscn2)c(=O)[nH]c1=O. The van der Waals surface area contributed by atoms with Gasteiger partial charge in [0.05, 0.1) is 11.2 Å². The number of nitrogen functional groups attached to an aromatic ring is 1. The molecule has 0 amide bonds. The summed E-state index contributed by atoms with van der Waals surface area (Å²) < 4.78 is 1.40. The number of thiazole rings is 1. The van der Waals surface area contributed by atoms with Gasteiger partial charge in [-0.05, 0) is 6.42 Å². The zero-order chi connectivity index (χ0) is 15.2. The van der Waals surface area contributed by atoms with Crippen LogP contribution in [0, 0.1) is 0 Å². The number of unbranched alkanes of at least 4 members (excludes halogenated alkanes) is 1. The first-order chi connectivity index (χ1) is 10.1. The highest BCUT2D eigenvalue weighted by atomic mass is 32.1. The van der Waals surface area contributed by atoms with Gasteiger partial charge < -0.3 is 11.1 Å². The molecular formula is C13H19N5O2S. The monoisotopic (exact) mass is 309 g/mol. The average Bonchev–Trinajstić information content (AvgIpc) is 2.95. The Morgan fingerprint density at radius 2 is 2.29 bits per heavy atom. The summed E-state index contributed by atoms with van der Waals surface area (Å²) in [6.07, 6.45) is 2.46. The van der Waals surface area contributed by atoms with E-state index in [1.165, 1.54) is 15.9 Å². The molecule has 4 N–H and O–H groups in total. The van der Waals surface area contributed by atoms with E-state index in [1.54, 1.807) is 5.51 Å². The van der Waals surface area contributed by atoms with Gasteiger partial charge in [0.25, 0.3) is 5.56 Å². The van der Waals surface area contributed by atoms with E-state index in [0.29, 0.717) is 19.5 Å². The van der Waals surface area contributed by atoms with Crippen LogP contribution in [0.1, 0.15) is 25.5 Å². The predicted molar refractivity (Wildman–Crippen MR) is 85.0 cm³/mol. The zero-order valence-electron chi connectivity index (χ0n) is 11.9. The van der Waals surface area contributed by atoms with Crippen molar-refractivity contribution >= 4 is 22.8 Å². The van der Waals surface area contributed by atoms with Crippen LogP contribution in [0.5, 0.6) is 0 Å². The lowest BCUT2D eigenvalue weighted by Crippen LogP contribution is -2.34. The molecule has 0 aliphatic heterocycles. The second-order valence-electron chi connectivity index (χ2n) is 4.68. The highest BCUT2D eigenvalue weighted by molar-refractivity contribution is 7.07. The largest absolute Gasteiger partial charge is 0.383 e. The van der Waals surface area contributed by atoms with E-state index >= 15 is 0 Å². The fourth-order valence-corrected chi connectivity index (χ4v) is 2.57. The van der Waals surface area contributed by atoms with Crippen molar-refractivity contribution in [2.45, 2.75) is 32.7 Å². The van der Waals surface area contributed by atoms with Crippen LogP contribution in [0.25, 0.3) is 0 Å². The van der Waals surface area contributed by atoms with E-state index in [1.807, 2.05) is 12.3 Å². The number of nitrogens with one attached hydrogen (secondary N) is 2. The maximum Gasteiger partial charge on any atom is 0.330 e. The predicted octanol–water partition coefficient (Wildman–Crippen LogP) is 1.03. The molecule has 8 heteroatoms. The molecule has 2 heterocycles. The summed E-state index contributed by atoms with van der Waals surface area (Å²) in [7, 11) is 0. The third-order valence-electron chi connectivity index (χ3n) is 3.14. The Hall–Kier alpha value is -2.09. The normalized spacial score (nSPS) is 10.7. The minimum Gasteiger partial charge on any atom is -0.383 e. The minimum atomic E-state index is -0.483. The van der Waals surface area contributed by atoms with E-state index in [4.69, 9.17) is 5.73 Å². The van der Waals surface area contributed by atoms with Gasteiger partial charge in [-0.1, -0.05) is 13.3 Å². The second kappa shape index (κ2) is 7.07. The number of nitrogens with two attached hydrogens (primary N) is 1. The summed E-state index contributed by atoms with van der Waals surface area (Å²) in [6.45, 7) is 3.06. The summed E-state index contributed by atoms with van der Waals surface area (Å²) in [4.78, 5) is 30.1. The lowest BCUT2D eigenvalue weighted by Gasteiger charge is -2.13. The molecule has 0 radical (unpaired) electrons. The summed E-state index contributed by atoms with van der Waals surface area (Å²) in [6, 6.07) is 0. The van der Waals surface area contributed by atoms with Crippen LogP contribution in [-0.2, 0) is 13.0 Å². The summed E-state index contributed by atoms with van der Waals surface area (Å²) in [5.74, 6) is 0.190. The number of H-pyrrole nitrogens is 1. The molecule has 0 atom stereocenters. The smallest absolute Gasteiger partial charge is 0.330 e. The Morgan fingerprint density at radius 1 is 1.48 bits per heavy atom. The van der Waals surface area contributed by atoms with Gasteiger partial charge in [0.2, 0.25) is 0 Å². The van der Waals surface area contributed by atoms with Gasteiger partial charge in [0, 0.05) is 24.9 Å². The van der Waals surface area contributed by atoms with Crippen LogP contribution in [0.3, 0.4) is 0 Å². The van der Waals surface area contributed by atoms with E-state index in [-0.39, 0.29) is 11.5 Å². The zero-order valence-corrected chi connectivity index (χ0v) is 12.7. The fraction of sp³-hybridized carbons (Fsp3) is 0.462. The first-order valence-electron chi connectivity index (χ1n) is 6.87. The number of anilines is 2. The van der Waals surface area contributed by atoms with Gasteiger partial charge in [-0.15, -0.1) is 11.3 Å². The van der Waals surface area contributed by atoms with E-state index in [9.17, 15) is 9.59 Å². The molecule has 2 rings (SSSR count). The molecule has 0 spiro atoms. The van der Waals surface area contributed by atoms with Gasteiger partial charge in [0.15, 0.2) is 0 Å². The van der Waals surface area contributed by atoms with Crippen LogP contribution in [0.4, 0.5) is 11.5 Å². The van der Waals surface area contributed by atoms with E-state index in [0.717, 1.165) is 18.5 Å². The molecule has 2 aromatic rings. The molecule has 7 nitrogen and oxygen atoms in total. The van der Waals surface area contributed by atoms with Crippen LogP contribution < -0.4 is 22.3 Å². The Kier molecular flexibility index (Phi) is 5.15. The van der Waals surface area contributed by atoms with Gasteiger partial charge in [0.1, 0.15) is 11.5 Å². The summed E-state index contributed by atoms with van der Waals surface area (Å²) >= 11 is 1.53. The Bertz CT molecular complexity index is 690. The molecule has 0 aromatic carbocycles. The maximum atomic E-state index is 11.9. The van der Waals surface area contributed by atoms with Crippen LogP contribution in [-0.4, -0.2) is 21.1 Å². The van der Waals surface area contributed by atoms with Crippen molar-refractivity contribution in [2.24, 2.45) is 0 Å². The molecule has 114 valence electrons. The van der Waals surface area contributed by atoms with E-state index in [2.05, 4.69) is 15.3 Å². The topological polar surface area (TPSA) is 106 Å². The van der Waals surface area contributed by atoms with Gasteiger partial charge in [-0.2, -0.15) is 0 Å². The number of hydrogen-bond acceptors (Lipinski definition) is 6. The molecule has 0 fully saturated rings. The average molecular weight is 309 g/mol. The molecule has 0 saturated heterocycles. The number of aromatic nitrogens is 3. The Labute approximate surface area is 125 Å². The number of aromatic amines is 1. The first kappa shape index (κ1) is 15.3. The van der Waals surface area contributed by atoms with Gasteiger partial charge in [-0.3, -0.25) is 14.3 Å². The third kappa shape index (κ3) is 3.72. The molecule has 0 unspecified atom stereocenters. The maximum absolute atomic E-state index is 11.9. The quantitative estimate of drug-likeness (QED) is 0.708. The highest BCUT2D eigenvalue weighted by Gasteiger charge is 2.11. The Balaban J connectivity index is 2.14. The van der Waals surface area contributed by atoms with Crippen molar-refractivity contribution < 1.29 is 0 Å². The lowest BCUT2D eigenvalue weighted by molar-refractivity contribution is 0.605. The summed E-state index contributed by atoms with van der Waals surface area (Å²) in [5, 5.41) is 4.96. The number of nitrogens with zero attached hydrogens (tertiary/aromatic N) is 2. The first-order valence-corrected chi connectivity index (χ1v) is 7.81. The van der Waals surface area contributed by atoms with Crippen molar-refractivity contribution in [3.8, 4) is 0 Å². The summed E-state index contributed by atoms with van der Waals surface area (Å²) in [5.41, 5.74) is 7.98. The highest BCUT2D eigenvalue weighted by Crippen LogP contribution is 2.11. The number of rotatable bonds is 7. The van der Waals surface area contributed by atoms with Crippen LogP contribution >= 0.6 is 11.3 Å². The Morgan fingerprint density at radius 3 is 2.95 bits per heavy atom. The lowest BCUT2D eigenvalue weighted by atomic mass is 10.3. The molecule has 0 saturated carbocycles. The molecule has 2 aromatic heterocycles. The van der Waals surface area contributed by atoms with Crippen molar-refractivity contribution in [3.63, 3.8) is 0 Å². The van der Waals surface area contributed by atoms with Crippen molar-refractivity contribution in [1.29, 1.82) is 0 Å². The molecule has 0 bridgehead atoms. The van der Waals surface area contributed by atoms with Crippen LogP contribution in [0.15, 0.2) is 20.5 Å². The second-order valence-corrected chi connectivity index (χ2v) is 5.40. The standard InChI is InChI=1S/C13H19N5O2S/c1-2-3-6-18-11(14)10(12(19)17-13(18)20)15-5-4-9-7-21-8-16-9/h7-8,15H,2-6,14H2,1H3,(H,17,19,20). The fourth-order valence-electron chi connectivity index (χ4n) is 1.97. The van der Waals surface area contributed by atoms with Crippen LogP contribution in [0.2, 0.25) is 0 Å². The third-order valence-corrected chi connectivity index (χ3v) is 3.78. The van der Waals surface area contributed by atoms with E-state index < -0.39 is 11.2 Å². The minimum absolute atomic E-state index is 0.190. The van der Waals surface area contributed by atoms with Gasteiger partial charge >= 0.3 is 5.69 Å². The molecular weight excluding hydrogens is 290 g/mol. The van der Waals surface area contributed by atoms with Crippen molar-refractivity contribution in [1.82, 2.24) is 14.5 Å². The molecule has 0 aliphatic rings. The number of hydrogen-bond donors (Lipinski definition) is 3. The van der Waals surface area contributed by atoms with Crippen molar-refractivity contribution in [2.75, 3.05) is 17.6 Å².